The average molecular weight is 517 g/mol. The van der Waals surface area contributed by atoms with Gasteiger partial charge in [0.25, 0.3) is 0 Å². The summed E-state index contributed by atoms with van der Waals surface area (Å²) in [6.45, 7) is 4.45. The Morgan fingerprint density at radius 3 is 2.62 bits per heavy atom. The second-order valence-corrected chi connectivity index (χ2v) is 9.25. The van der Waals surface area contributed by atoms with Gasteiger partial charge in [0.15, 0.2) is 5.79 Å². The van der Waals surface area contributed by atoms with Crippen LogP contribution in [0, 0.1) is 0 Å². The predicted molar refractivity (Wildman–Crippen MR) is 136 cm³/mol. The molecular weight excluding hydrogens is 480 g/mol. The molecule has 1 aliphatic heterocycles. The minimum atomic E-state index is -0.816. The summed E-state index contributed by atoms with van der Waals surface area (Å²) in [5.74, 6) is -0.587. The lowest BCUT2D eigenvalue weighted by Crippen LogP contribution is -2.44. The van der Waals surface area contributed by atoms with E-state index in [-0.39, 0.29) is 50.6 Å². The van der Waals surface area contributed by atoms with Gasteiger partial charge in [-0.05, 0) is 50.1 Å². The maximum Gasteiger partial charge on any atom is 0.306 e. The molecule has 2 aromatic rings. The Bertz CT molecular complexity index is 988. The largest absolute Gasteiger partial charge is 0.491 e. The fraction of sp³-hybridized carbons (Fsp3) is 0.500. The highest BCUT2D eigenvalue weighted by Crippen LogP contribution is 2.22. The topological polar surface area (TPSA) is 154 Å². The number of nitrogens with zero attached hydrogens (tertiary/aromatic N) is 1. The molecule has 11 nitrogen and oxygen atoms in total. The lowest BCUT2D eigenvalue weighted by Gasteiger charge is -2.17. The molecule has 5 N–H and O–H groups in total. The second kappa shape index (κ2) is 14.0. The summed E-state index contributed by atoms with van der Waals surface area (Å²) >= 11 is 0. The minimum Gasteiger partial charge on any atom is -0.491 e. The first kappa shape index (κ1) is 28.5. The number of nitrogens with one attached hydrogen (secondary N) is 2. The first-order valence-electron chi connectivity index (χ1n) is 12.2. The van der Waals surface area contributed by atoms with E-state index >= 15 is 0 Å². The third-order valence-corrected chi connectivity index (χ3v) is 5.47. The molecule has 37 heavy (non-hydrogen) atoms. The Balaban J connectivity index is 1.27. The number of anilines is 1. The third-order valence-electron chi connectivity index (χ3n) is 5.47. The highest BCUT2D eigenvalue weighted by atomic mass is 16.7. The quantitative estimate of drug-likeness (QED) is 0.214. The number of carbonyl (C=O) groups excluding carboxylic acids is 2. The number of aliphatic hydroxyl groups is 1. The van der Waals surface area contributed by atoms with Crippen molar-refractivity contribution in [2.45, 2.75) is 57.3 Å². The molecule has 0 radical (unpaired) electrons. The molecular formula is C26H36N4O7. The molecule has 0 spiro atoms. The summed E-state index contributed by atoms with van der Waals surface area (Å²) in [5, 5.41) is 15.8. The molecule has 0 saturated carbocycles. The molecule has 3 rings (SSSR count). The van der Waals surface area contributed by atoms with Gasteiger partial charge in [-0.15, -0.1) is 0 Å². The predicted octanol–water partition coefficient (Wildman–Crippen LogP) is 1.35. The standard InChI is InChI=1S/C26H36N4O7/c1-26(2)36-17-22(37-26)16-35-25(33)8-5-18-3-6-21(7-4-18)34-15-20(31)14-29-23(27)13-24(32)30-19-9-11-28-12-10-19/h3-4,6-7,9-12,20,22-23,29,31H,5,8,13-17,27H2,1-2H3,(H,28,30,32). The second-order valence-electron chi connectivity index (χ2n) is 9.25. The van der Waals surface area contributed by atoms with Gasteiger partial charge in [-0.3, -0.25) is 19.9 Å². The molecule has 1 aromatic heterocycles. The first-order chi connectivity index (χ1) is 17.7. The van der Waals surface area contributed by atoms with Crippen LogP contribution >= 0.6 is 0 Å². The van der Waals surface area contributed by atoms with Crippen LogP contribution in [0.3, 0.4) is 0 Å². The molecule has 11 heteroatoms. The fourth-order valence-electron chi connectivity index (χ4n) is 3.56. The van der Waals surface area contributed by atoms with Gasteiger partial charge in [-0.25, -0.2) is 0 Å². The number of carbonyl (C=O) groups is 2. The number of benzene rings is 1. The summed E-state index contributed by atoms with van der Waals surface area (Å²) in [6.07, 6.45) is 2.32. The Kier molecular flexibility index (Phi) is 10.8. The fourth-order valence-corrected chi connectivity index (χ4v) is 3.56. The number of nitrogens with two attached hydrogens (primary N) is 1. The molecule has 1 aromatic carbocycles. The average Bonchev–Trinajstić information content (AvgIpc) is 3.23. The zero-order chi connectivity index (χ0) is 26.7. The van der Waals surface area contributed by atoms with Crippen molar-refractivity contribution in [1.82, 2.24) is 10.3 Å². The molecule has 3 atom stereocenters. The molecule has 1 aliphatic rings. The van der Waals surface area contributed by atoms with Crippen LogP contribution in [-0.2, 0) is 30.2 Å². The van der Waals surface area contributed by atoms with Crippen LogP contribution in [0.5, 0.6) is 5.75 Å². The van der Waals surface area contributed by atoms with Crippen LogP contribution in [0.25, 0.3) is 0 Å². The van der Waals surface area contributed by atoms with Crippen LogP contribution in [-0.4, -0.2) is 72.5 Å². The third kappa shape index (κ3) is 10.8. The van der Waals surface area contributed by atoms with E-state index in [1.807, 2.05) is 26.0 Å². The van der Waals surface area contributed by atoms with Gasteiger partial charge < -0.3 is 35.1 Å². The summed E-state index contributed by atoms with van der Waals surface area (Å²) in [4.78, 5) is 27.9. The van der Waals surface area contributed by atoms with Crippen molar-refractivity contribution in [3.63, 3.8) is 0 Å². The van der Waals surface area contributed by atoms with Crippen LogP contribution in [0.15, 0.2) is 48.8 Å². The number of aromatic nitrogens is 1. The van der Waals surface area contributed by atoms with Crippen molar-refractivity contribution < 1.29 is 33.6 Å². The van der Waals surface area contributed by atoms with Crippen molar-refractivity contribution in [2.75, 3.05) is 31.7 Å². The highest BCUT2D eigenvalue weighted by Gasteiger charge is 2.33. The van der Waals surface area contributed by atoms with Gasteiger partial charge >= 0.3 is 5.97 Å². The number of hydrogen-bond acceptors (Lipinski definition) is 10. The SMILES string of the molecule is CC1(C)OCC(COC(=O)CCc2ccc(OCC(O)CNC(N)CC(=O)Nc3ccncc3)cc2)O1. The zero-order valence-electron chi connectivity index (χ0n) is 21.2. The Labute approximate surface area is 216 Å². The van der Waals surface area contributed by atoms with E-state index in [1.54, 1.807) is 36.7 Å². The minimum absolute atomic E-state index is 0.0475. The van der Waals surface area contributed by atoms with E-state index in [0.29, 0.717) is 24.5 Å². The maximum absolute atomic E-state index is 12.0. The van der Waals surface area contributed by atoms with E-state index in [1.165, 1.54) is 0 Å². The Hall–Kier alpha value is -3.09. The van der Waals surface area contributed by atoms with E-state index in [9.17, 15) is 14.7 Å². The molecule has 1 amide bonds. The van der Waals surface area contributed by atoms with Crippen molar-refractivity contribution in [3.8, 4) is 5.75 Å². The lowest BCUT2D eigenvalue weighted by atomic mass is 10.1. The summed E-state index contributed by atoms with van der Waals surface area (Å²) in [5.41, 5.74) is 7.53. The number of ether oxygens (including phenoxy) is 4. The number of rotatable bonds is 14. The first-order valence-corrected chi connectivity index (χ1v) is 12.2. The van der Waals surface area contributed by atoms with Crippen LogP contribution < -0.4 is 21.1 Å². The van der Waals surface area contributed by atoms with Gasteiger partial charge in [0.05, 0.1) is 19.2 Å². The van der Waals surface area contributed by atoms with Crippen molar-refractivity contribution in [3.05, 3.63) is 54.4 Å². The van der Waals surface area contributed by atoms with Crippen LogP contribution in [0.2, 0.25) is 0 Å². The molecule has 1 fully saturated rings. The summed E-state index contributed by atoms with van der Waals surface area (Å²) in [7, 11) is 0. The lowest BCUT2D eigenvalue weighted by molar-refractivity contribution is -0.158. The number of esters is 1. The van der Waals surface area contributed by atoms with Gasteiger partial charge in [0.2, 0.25) is 5.91 Å². The number of amides is 1. The van der Waals surface area contributed by atoms with E-state index in [2.05, 4.69) is 15.6 Å². The molecule has 0 bridgehead atoms. The Morgan fingerprint density at radius 1 is 1.22 bits per heavy atom. The van der Waals surface area contributed by atoms with Gasteiger partial charge in [-0.2, -0.15) is 0 Å². The molecule has 1 saturated heterocycles. The number of aryl methyl sites for hydroxylation is 1. The van der Waals surface area contributed by atoms with Crippen LogP contribution in [0.4, 0.5) is 5.69 Å². The number of aliphatic hydroxyl groups excluding tert-OH is 1. The van der Waals surface area contributed by atoms with Crippen molar-refractivity contribution in [2.24, 2.45) is 5.73 Å². The van der Waals surface area contributed by atoms with Crippen molar-refractivity contribution in [1.29, 1.82) is 0 Å². The van der Waals surface area contributed by atoms with Crippen molar-refractivity contribution >= 4 is 17.6 Å². The van der Waals surface area contributed by atoms with Crippen LogP contribution in [0.1, 0.15) is 32.3 Å². The van der Waals surface area contributed by atoms with E-state index < -0.39 is 18.1 Å². The van der Waals surface area contributed by atoms with Gasteiger partial charge in [0.1, 0.15) is 31.2 Å². The summed E-state index contributed by atoms with van der Waals surface area (Å²) in [6, 6.07) is 10.7. The maximum atomic E-state index is 12.0. The summed E-state index contributed by atoms with van der Waals surface area (Å²) < 4.78 is 22.0. The number of pyridine rings is 1. The molecule has 2 heterocycles. The zero-order valence-corrected chi connectivity index (χ0v) is 21.2. The number of hydrogen-bond donors (Lipinski definition) is 4. The highest BCUT2D eigenvalue weighted by molar-refractivity contribution is 5.90. The van der Waals surface area contributed by atoms with Gasteiger partial charge in [0, 0.05) is 31.0 Å². The molecule has 0 aliphatic carbocycles. The normalized spacial score (nSPS) is 18.1. The van der Waals surface area contributed by atoms with Gasteiger partial charge in [-0.1, -0.05) is 12.1 Å². The monoisotopic (exact) mass is 516 g/mol. The Morgan fingerprint density at radius 2 is 1.95 bits per heavy atom. The molecule has 3 unspecified atom stereocenters. The molecule has 202 valence electrons. The smallest absolute Gasteiger partial charge is 0.306 e. The van der Waals surface area contributed by atoms with E-state index in [4.69, 9.17) is 24.7 Å². The van der Waals surface area contributed by atoms with E-state index in [0.717, 1.165) is 5.56 Å².